The van der Waals surface area contributed by atoms with Gasteiger partial charge in [-0.05, 0) is 70.6 Å². The molecular formula is C57H101NO8. The van der Waals surface area contributed by atoms with Crippen LogP contribution in [0.3, 0.4) is 0 Å². The number of rotatable bonds is 45. The molecule has 0 radical (unpaired) electrons. The molecule has 66 heavy (non-hydrogen) atoms. The monoisotopic (exact) mass is 928 g/mol. The van der Waals surface area contributed by atoms with Gasteiger partial charge in [0, 0.05) is 6.42 Å². The maximum Gasteiger partial charge on any atom is 0.220 e. The molecule has 382 valence electrons. The van der Waals surface area contributed by atoms with Gasteiger partial charge >= 0.3 is 0 Å². The van der Waals surface area contributed by atoms with Gasteiger partial charge in [-0.15, -0.1) is 0 Å². The van der Waals surface area contributed by atoms with Crippen molar-refractivity contribution < 1.29 is 39.8 Å². The second-order valence-corrected chi connectivity index (χ2v) is 18.6. The molecule has 9 nitrogen and oxygen atoms in total. The number of unbranched alkanes of at least 4 members (excludes halogenated alkanes) is 25. The van der Waals surface area contributed by atoms with Gasteiger partial charge in [-0.2, -0.15) is 0 Å². The van der Waals surface area contributed by atoms with Crippen LogP contribution in [0.1, 0.15) is 226 Å². The summed E-state index contributed by atoms with van der Waals surface area (Å²) in [7, 11) is 0. The van der Waals surface area contributed by atoms with Gasteiger partial charge in [0.05, 0.1) is 25.4 Å². The van der Waals surface area contributed by atoms with E-state index in [1.807, 2.05) is 6.08 Å². The van der Waals surface area contributed by atoms with Gasteiger partial charge in [0.1, 0.15) is 24.4 Å². The first-order valence-corrected chi connectivity index (χ1v) is 27.2. The molecule has 0 aliphatic carbocycles. The molecule has 6 N–H and O–H groups in total. The second-order valence-electron chi connectivity index (χ2n) is 18.6. The van der Waals surface area contributed by atoms with Crippen LogP contribution in [0.5, 0.6) is 0 Å². The standard InChI is InChI=1S/C57H101NO8/c1-3-5-7-9-11-13-15-16-17-18-19-20-21-22-23-24-25-26-27-28-29-30-31-32-33-34-35-36-37-39-41-43-45-47-53(61)58-50(49-65-57-56(64)55(63)54(62)52(48-59)66-57)51(60)46-44-42-40-38-14-12-10-8-6-4-2/h5,7,11,13-14,16-17,19-20,38,44,46,50-52,54-57,59-60,62-64H,3-4,6,8-10,12,15,18,21-37,39-43,45,47-49H2,1-2H3,(H,58,61)/b7-5-,13-11-,17-16-,20-19-,38-14+,46-44+. The van der Waals surface area contributed by atoms with Crippen molar-refractivity contribution in [3.05, 3.63) is 72.9 Å². The van der Waals surface area contributed by atoms with Gasteiger partial charge in [0.25, 0.3) is 0 Å². The van der Waals surface area contributed by atoms with Crippen molar-refractivity contribution in [3.63, 3.8) is 0 Å². The Kier molecular flexibility index (Phi) is 43.3. The van der Waals surface area contributed by atoms with E-state index in [9.17, 15) is 30.3 Å². The average molecular weight is 928 g/mol. The molecule has 1 fully saturated rings. The van der Waals surface area contributed by atoms with Crippen LogP contribution in [0.15, 0.2) is 72.9 Å². The summed E-state index contributed by atoms with van der Waals surface area (Å²) < 4.78 is 11.2. The molecule has 1 heterocycles. The smallest absolute Gasteiger partial charge is 0.220 e. The number of carbonyl (C=O) groups excluding carboxylic acids is 1. The van der Waals surface area contributed by atoms with Crippen molar-refractivity contribution >= 4 is 5.91 Å². The summed E-state index contributed by atoms with van der Waals surface area (Å²) in [6.07, 6.45) is 57.1. The Morgan fingerprint density at radius 2 is 0.955 bits per heavy atom. The molecule has 0 bridgehead atoms. The highest BCUT2D eigenvalue weighted by Crippen LogP contribution is 2.23. The molecule has 9 heteroatoms. The van der Waals surface area contributed by atoms with Crippen molar-refractivity contribution in [1.29, 1.82) is 0 Å². The van der Waals surface area contributed by atoms with Crippen molar-refractivity contribution in [2.24, 2.45) is 0 Å². The molecule has 1 amide bonds. The fourth-order valence-corrected chi connectivity index (χ4v) is 8.22. The fourth-order valence-electron chi connectivity index (χ4n) is 8.22. The van der Waals surface area contributed by atoms with Crippen LogP contribution in [-0.4, -0.2) is 87.5 Å². The fraction of sp³-hybridized carbons (Fsp3) is 0.772. The number of hydrogen-bond donors (Lipinski definition) is 6. The Hall–Kier alpha value is -2.37. The van der Waals surface area contributed by atoms with E-state index in [0.29, 0.717) is 6.42 Å². The molecule has 0 spiro atoms. The zero-order chi connectivity index (χ0) is 48.0. The predicted octanol–water partition coefficient (Wildman–Crippen LogP) is 12.9. The summed E-state index contributed by atoms with van der Waals surface area (Å²) >= 11 is 0. The molecule has 1 aliphatic rings. The zero-order valence-corrected chi connectivity index (χ0v) is 42.2. The zero-order valence-electron chi connectivity index (χ0n) is 42.2. The van der Waals surface area contributed by atoms with Gasteiger partial charge in [-0.3, -0.25) is 4.79 Å². The van der Waals surface area contributed by atoms with E-state index in [4.69, 9.17) is 9.47 Å². The molecular weight excluding hydrogens is 827 g/mol. The van der Waals surface area contributed by atoms with Crippen LogP contribution >= 0.6 is 0 Å². The van der Waals surface area contributed by atoms with Gasteiger partial charge in [-0.25, -0.2) is 0 Å². The first kappa shape index (κ1) is 61.6. The number of carbonyl (C=O) groups is 1. The van der Waals surface area contributed by atoms with E-state index in [2.05, 4.69) is 79.9 Å². The molecule has 0 aromatic heterocycles. The van der Waals surface area contributed by atoms with E-state index < -0.39 is 49.5 Å². The Morgan fingerprint density at radius 3 is 1.45 bits per heavy atom. The normalized spacial score (nSPS) is 20.4. The number of allylic oxidation sites excluding steroid dienone is 11. The third kappa shape index (κ3) is 35.7. The van der Waals surface area contributed by atoms with E-state index in [-0.39, 0.29) is 12.5 Å². The Bertz CT molecular complexity index is 1260. The van der Waals surface area contributed by atoms with Gasteiger partial charge < -0.3 is 40.3 Å². The summed E-state index contributed by atoms with van der Waals surface area (Å²) in [5.74, 6) is -0.189. The molecule has 7 atom stereocenters. The maximum atomic E-state index is 13.0. The first-order chi connectivity index (χ1) is 32.3. The quantitative estimate of drug-likeness (QED) is 0.0261. The highest BCUT2D eigenvalue weighted by atomic mass is 16.7. The summed E-state index contributed by atoms with van der Waals surface area (Å²) in [6.45, 7) is 3.61. The molecule has 1 rings (SSSR count). The number of hydrogen-bond acceptors (Lipinski definition) is 8. The topological polar surface area (TPSA) is 149 Å². The van der Waals surface area contributed by atoms with Crippen LogP contribution in [0, 0.1) is 0 Å². The molecule has 0 aromatic rings. The molecule has 0 aromatic carbocycles. The average Bonchev–Trinajstić information content (AvgIpc) is 3.32. The molecule has 7 unspecified atom stereocenters. The largest absolute Gasteiger partial charge is 0.394 e. The predicted molar refractivity (Wildman–Crippen MR) is 276 cm³/mol. The third-order valence-electron chi connectivity index (χ3n) is 12.5. The maximum absolute atomic E-state index is 13.0. The summed E-state index contributed by atoms with van der Waals surface area (Å²) in [4.78, 5) is 13.0. The van der Waals surface area contributed by atoms with E-state index in [0.717, 1.165) is 64.2 Å². The van der Waals surface area contributed by atoms with Crippen LogP contribution in [0.2, 0.25) is 0 Å². The van der Waals surface area contributed by atoms with Gasteiger partial charge in [0.15, 0.2) is 6.29 Å². The number of ether oxygens (including phenoxy) is 2. The van der Waals surface area contributed by atoms with Crippen molar-refractivity contribution in [2.45, 2.75) is 269 Å². The van der Waals surface area contributed by atoms with Crippen LogP contribution in [-0.2, 0) is 14.3 Å². The van der Waals surface area contributed by atoms with Crippen LogP contribution in [0.25, 0.3) is 0 Å². The highest BCUT2D eigenvalue weighted by molar-refractivity contribution is 5.76. The van der Waals surface area contributed by atoms with Crippen molar-refractivity contribution in [2.75, 3.05) is 13.2 Å². The van der Waals surface area contributed by atoms with Gasteiger partial charge in [-0.1, -0.05) is 222 Å². The molecule has 0 saturated carbocycles. The van der Waals surface area contributed by atoms with E-state index in [1.54, 1.807) is 6.08 Å². The number of nitrogens with one attached hydrogen (secondary N) is 1. The third-order valence-corrected chi connectivity index (χ3v) is 12.5. The minimum Gasteiger partial charge on any atom is -0.394 e. The lowest BCUT2D eigenvalue weighted by Crippen LogP contribution is -2.60. The lowest BCUT2D eigenvalue weighted by atomic mass is 9.99. The van der Waals surface area contributed by atoms with Crippen LogP contribution in [0.4, 0.5) is 0 Å². The first-order valence-electron chi connectivity index (χ1n) is 27.2. The summed E-state index contributed by atoms with van der Waals surface area (Å²) in [6, 6.07) is -0.821. The Morgan fingerprint density at radius 1 is 0.530 bits per heavy atom. The summed E-state index contributed by atoms with van der Waals surface area (Å²) in [5.41, 5.74) is 0. The van der Waals surface area contributed by atoms with Gasteiger partial charge in [0.2, 0.25) is 5.91 Å². The number of aliphatic hydroxyl groups excluding tert-OH is 5. The minimum absolute atomic E-state index is 0.189. The second kappa shape index (κ2) is 46.4. The SMILES string of the molecule is CC/C=C\C/C=C\C/C=C\C/C=C\CCCCCCCCCCCCCCCCCCCCCCC(=O)NC(COC1OC(CO)C(O)C(O)C1O)C(O)/C=C/CC/C=C/CCCCCC. The lowest BCUT2D eigenvalue weighted by molar-refractivity contribution is -0.302. The Labute approximate surface area is 404 Å². The Balaban J connectivity index is 2.10. The minimum atomic E-state index is -1.57. The van der Waals surface area contributed by atoms with Crippen LogP contribution < -0.4 is 5.32 Å². The van der Waals surface area contributed by atoms with E-state index in [1.165, 1.54) is 141 Å². The highest BCUT2D eigenvalue weighted by Gasteiger charge is 2.44. The van der Waals surface area contributed by atoms with Crippen molar-refractivity contribution in [1.82, 2.24) is 5.32 Å². The molecule has 1 saturated heterocycles. The number of amides is 1. The van der Waals surface area contributed by atoms with Crippen molar-refractivity contribution in [3.8, 4) is 0 Å². The number of aliphatic hydroxyl groups is 5. The molecule has 1 aliphatic heterocycles. The lowest BCUT2D eigenvalue weighted by Gasteiger charge is -2.40. The summed E-state index contributed by atoms with van der Waals surface area (Å²) in [5, 5.41) is 54.2. The van der Waals surface area contributed by atoms with E-state index >= 15 is 0 Å².